The largest absolute Gasteiger partial charge is 0.508 e. The molecule has 5 rings (SSSR count). The Kier molecular flexibility index (Phi) is 7.01. The minimum Gasteiger partial charge on any atom is -0.508 e. The summed E-state index contributed by atoms with van der Waals surface area (Å²) in [7, 11) is 3.85. The van der Waals surface area contributed by atoms with Gasteiger partial charge in [0.15, 0.2) is 11.6 Å². The van der Waals surface area contributed by atoms with Gasteiger partial charge in [-0.25, -0.2) is 14.8 Å². The van der Waals surface area contributed by atoms with Crippen LogP contribution in [0.2, 0.25) is 0 Å². The van der Waals surface area contributed by atoms with Crippen LogP contribution in [0, 0.1) is 5.82 Å². The van der Waals surface area contributed by atoms with E-state index in [1.165, 1.54) is 6.20 Å². The van der Waals surface area contributed by atoms with E-state index < -0.39 is 5.82 Å². The maximum absolute atomic E-state index is 14.5. The number of phenols is 1. The maximum Gasteiger partial charge on any atom is 0.242 e. The van der Waals surface area contributed by atoms with Gasteiger partial charge in [-0.05, 0) is 31.0 Å². The first-order valence-corrected chi connectivity index (χ1v) is 12.1. The molecule has 2 fully saturated rings. The van der Waals surface area contributed by atoms with Crippen molar-refractivity contribution < 1.29 is 14.2 Å². The highest BCUT2D eigenvalue weighted by molar-refractivity contribution is 5.67. The molecule has 3 N–H and O–H groups in total. The summed E-state index contributed by atoms with van der Waals surface area (Å²) in [4.78, 5) is 17.3. The van der Waals surface area contributed by atoms with Crippen LogP contribution in [0.3, 0.4) is 0 Å². The molecule has 2 aliphatic rings. The number of halogens is 1. The average molecular weight is 495 g/mol. The number of ether oxygens (including phenoxy) is 1. The summed E-state index contributed by atoms with van der Waals surface area (Å²) in [5, 5.41) is 15.2. The van der Waals surface area contributed by atoms with Crippen molar-refractivity contribution in [2.45, 2.75) is 18.9 Å². The van der Waals surface area contributed by atoms with E-state index in [1.54, 1.807) is 18.3 Å². The van der Waals surface area contributed by atoms with Crippen molar-refractivity contribution >= 4 is 28.8 Å². The number of anilines is 5. The van der Waals surface area contributed by atoms with Crippen LogP contribution in [0.5, 0.6) is 5.75 Å². The number of morpholine rings is 1. The lowest BCUT2D eigenvalue weighted by Crippen LogP contribution is -2.46. The Morgan fingerprint density at radius 1 is 1.08 bits per heavy atom. The highest BCUT2D eigenvalue weighted by Crippen LogP contribution is 2.29. The molecular weight excluding hydrogens is 463 g/mol. The molecule has 0 radical (unpaired) electrons. The molecule has 0 amide bonds. The van der Waals surface area contributed by atoms with Crippen molar-refractivity contribution in [3.05, 3.63) is 54.2 Å². The van der Waals surface area contributed by atoms with Gasteiger partial charge in [-0.2, -0.15) is 4.98 Å². The van der Waals surface area contributed by atoms with Gasteiger partial charge in [0, 0.05) is 57.2 Å². The first-order chi connectivity index (χ1) is 17.5. The molecule has 1 unspecified atom stereocenters. The molecule has 2 aliphatic heterocycles. The lowest BCUT2D eigenvalue weighted by atomic mass is 10.1. The molecule has 10 nitrogen and oxygen atoms in total. The second kappa shape index (κ2) is 10.5. The summed E-state index contributed by atoms with van der Waals surface area (Å²) in [6.07, 6.45) is 4.84. The highest BCUT2D eigenvalue weighted by Gasteiger charge is 2.25. The van der Waals surface area contributed by atoms with Gasteiger partial charge in [-0.15, -0.1) is 0 Å². The topological polar surface area (TPSA) is 102 Å². The Balaban J connectivity index is 1.27. The fourth-order valence-electron chi connectivity index (χ4n) is 4.40. The lowest BCUT2D eigenvalue weighted by Gasteiger charge is -2.34. The van der Waals surface area contributed by atoms with Gasteiger partial charge in [0.2, 0.25) is 5.95 Å². The zero-order valence-electron chi connectivity index (χ0n) is 20.5. The third-order valence-corrected chi connectivity index (χ3v) is 6.30. The van der Waals surface area contributed by atoms with Gasteiger partial charge >= 0.3 is 0 Å². The second-order valence-corrected chi connectivity index (χ2v) is 9.15. The zero-order valence-corrected chi connectivity index (χ0v) is 20.5. The van der Waals surface area contributed by atoms with Crippen LogP contribution in [0.15, 0.2) is 42.7 Å². The van der Waals surface area contributed by atoms with Crippen LogP contribution in [0.1, 0.15) is 24.6 Å². The van der Waals surface area contributed by atoms with Crippen molar-refractivity contribution in [2.24, 2.45) is 0 Å². The Hall–Kier alpha value is -3.70. The summed E-state index contributed by atoms with van der Waals surface area (Å²) in [6.45, 7) is 3.04. The van der Waals surface area contributed by atoms with Gasteiger partial charge in [0.1, 0.15) is 5.75 Å². The fraction of sp³-hybridized carbons (Fsp3) is 0.400. The van der Waals surface area contributed by atoms with Crippen LogP contribution in [0.4, 0.5) is 33.2 Å². The number of hydrogen-bond donors (Lipinski definition) is 3. The highest BCUT2D eigenvalue weighted by atomic mass is 19.1. The average Bonchev–Trinajstić information content (AvgIpc) is 2.89. The van der Waals surface area contributed by atoms with Crippen molar-refractivity contribution in [2.75, 3.05) is 67.1 Å². The van der Waals surface area contributed by atoms with Gasteiger partial charge in [-0.1, -0.05) is 0 Å². The Morgan fingerprint density at radius 3 is 2.67 bits per heavy atom. The number of phenolic OH excluding ortho intramolecular Hbond substituents is 1. The normalized spacial score (nSPS) is 18.2. The van der Waals surface area contributed by atoms with Gasteiger partial charge in [0.25, 0.3) is 0 Å². The molecule has 190 valence electrons. The minimum absolute atomic E-state index is 0.0191. The Bertz CT molecular complexity index is 1190. The molecule has 0 aliphatic carbocycles. The summed E-state index contributed by atoms with van der Waals surface area (Å²) < 4.78 is 19.8. The number of hydrogen-bond acceptors (Lipinski definition) is 10. The molecule has 4 heterocycles. The molecule has 36 heavy (non-hydrogen) atoms. The molecule has 2 saturated heterocycles. The molecule has 2 aromatic heterocycles. The van der Waals surface area contributed by atoms with Crippen molar-refractivity contribution in [3.8, 4) is 5.75 Å². The molecular formula is C25H31FN8O2. The Labute approximate surface area is 209 Å². The van der Waals surface area contributed by atoms with E-state index in [0.29, 0.717) is 38.1 Å². The number of nitrogens with one attached hydrogen (secondary N) is 2. The molecule has 3 aromatic rings. The molecule has 1 atom stereocenters. The quantitative estimate of drug-likeness (QED) is 0.473. The van der Waals surface area contributed by atoms with Gasteiger partial charge < -0.3 is 25.0 Å². The number of nitrogens with zero attached hydrogens (tertiary/aromatic N) is 6. The van der Waals surface area contributed by atoms with Crippen LogP contribution < -0.4 is 25.6 Å². The number of pyridine rings is 1. The lowest BCUT2D eigenvalue weighted by molar-refractivity contribution is 0.122. The number of hydrazine groups is 1. The number of aromatic hydroxyl groups is 1. The van der Waals surface area contributed by atoms with Crippen molar-refractivity contribution in [3.63, 3.8) is 0 Å². The van der Waals surface area contributed by atoms with E-state index in [2.05, 4.69) is 25.7 Å². The summed E-state index contributed by atoms with van der Waals surface area (Å²) in [5.74, 6) is 0.523. The van der Waals surface area contributed by atoms with Crippen molar-refractivity contribution in [1.29, 1.82) is 0 Å². The van der Waals surface area contributed by atoms with Crippen molar-refractivity contribution in [1.82, 2.24) is 20.4 Å². The fourth-order valence-corrected chi connectivity index (χ4v) is 4.40. The molecule has 0 bridgehead atoms. The van der Waals surface area contributed by atoms with Crippen LogP contribution in [-0.4, -0.2) is 67.0 Å². The van der Waals surface area contributed by atoms with Crippen LogP contribution in [-0.2, 0) is 4.74 Å². The smallest absolute Gasteiger partial charge is 0.242 e. The molecule has 0 spiro atoms. The summed E-state index contributed by atoms with van der Waals surface area (Å²) in [6, 6.07) is 9.27. The first kappa shape index (κ1) is 24.0. The molecule has 11 heteroatoms. The SMILES string of the molecule is CN(C)c1cc(O)cc(Nc2ccc(C3CCCN(c4ncc(F)c(N5CCOCC5)n4)N3)nc2)c1. The van der Waals surface area contributed by atoms with E-state index in [-0.39, 0.29) is 11.8 Å². The third kappa shape index (κ3) is 5.42. The number of benzene rings is 1. The Morgan fingerprint density at radius 2 is 1.92 bits per heavy atom. The van der Waals surface area contributed by atoms with E-state index in [9.17, 15) is 9.50 Å². The first-order valence-electron chi connectivity index (χ1n) is 12.1. The molecule has 0 saturated carbocycles. The van der Waals surface area contributed by atoms with Gasteiger partial charge in [-0.3, -0.25) is 9.99 Å². The van der Waals surface area contributed by atoms with E-state index in [0.717, 1.165) is 42.1 Å². The monoisotopic (exact) mass is 494 g/mol. The predicted octanol–water partition coefficient (Wildman–Crippen LogP) is 3.21. The minimum atomic E-state index is -0.427. The van der Waals surface area contributed by atoms with E-state index in [1.807, 2.05) is 47.1 Å². The number of rotatable bonds is 6. The maximum atomic E-state index is 14.5. The summed E-state index contributed by atoms with van der Waals surface area (Å²) in [5.41, 5.74) is 6.84. The van der Waals surface area contributed by atoms with Crippen LogP contribution >= 0.6 is 0 Å². The zero-order chi connectivity index (χ0) is 25.1. The predicted molar refractivity (Wildman–Crippen MR) is 137 cm³/mol. The second-order valence-electron chi connectivity index (χ2n) is 9.15. The molecule has 1 aromatic carbocycles. The van der Waals surface area contributed by atoms with Gasteiger partial charge in [0.05, 0.1) is 43.0 Å². The van der Waals surface area contributed by atoms with E-state index in [4.69, 9.17) is 4.74 Å². The summed E-state index contributed by atoms with van der Waals surface area (Å²) >= 11 is 0. The third-order valence-electron chi connectivity index (χ3n) is 6.30. The number of aromatic nitrogens is 3. The van der Waals surface area contributed by atoms with E-state index >= 15 is 0 Å². The standard InChI is InChI=1S/C25H31FN8O2/c1-32(2)19-12-18(13-20(35)14-19)29-17-5-6-22(27-15-17)23-4-3-7-34(31-23)25-28-16-21(26)24(30-25)33-8-10-36-11-9-33/h5-6,12-16,23,29,31,35H,3-4,7-11H2,1-2H3. The van der Waals surface area contributed by atoms with Crippen LogP contribution in [0.25, 0.3) is 0 Å².